The monoisotopic (exact) mass is 421 g/mol. The average Bonchev–Trinajstić information content (AvgIpc) is 3.47. The molecular formula is C24H27N3O4. The van der Waals surface area contributed by atoms with Gasteiger partial charge in [-0.05, 0) is 12.0 Å². The fraction of sp³-hybridized carbons (Fsp3) is 0.333. The van der Waals surface area contributed by atoms with Crippen molar-refractivity contribution in [2.75, 3.05) is 32.8 Å². The first-order chi connectivity index (χ1) is 15.1. The number of benzene rings is 2. The summed E-state index contributed by atoms with van der Waals surface area (Å²) in [6.45, 7) is 1.17. The molecule has 2 atom stereocenters. The van der Waals surface area contributed by atoms with Crippen molar-refractivity contribution in [2.45, 2.75) is 12.5 Å². The summed E-state index contributed by atoms with van der Waals surface area (Å²) in [6, 6.07) is 14.9. The number of nitrogens with zero attached hydrogens (tertiary/aromatic N) is 2. The fourth-order valence-corrected chi connectivity index (χ4v) is 3.93. The van der Waals surface area contributed by atoms with Gasteiger partial charge in [0.05, 0.1) is 26.9 Å². The van der Waals surface area contributed by atoms with Gasteiger partial charge in [-0.3, -0.25) is 9.48 Å². The molecule has 31 heavy (non-hydrogen) atoms. The minimum Gasteiger partial charge on any atom is -0.497 e. The van der Waals surface area contributed by atoms with Gasteiger partial charge in [0.25, 0.3) is 0 Å². The number of hydrogen-bond donors (Lipinski definition) is 1. The maximum absolute atomic E-state index is 13.8. The minimum absolute atomic E-state index is 0.0373. The lowest BCUT2D eigenvalue weighted by atomic mass is 9.91. The van der Waals surface area contributed by atoms with E-state index in [0.717, 1.165) is 23.2 Å². The van der Waals surface area contributed by atoms with Crippen LogP contribution in [0.5, 0.6) is 11.5 Å². The maximum Gasteiger partial charge on any atom is 0.206 e. The van der Waals surface area contributed by atoms with Gasteiger partial charge in [0.1, 0.15) is 17.2 Å². The lowest BCUT2D eigenvalue weighted by Crippen LogP contribution is -2.38. The van der Waals surface area contributed by atoms with Crippen LogP contribution >= 0.6 is 0 Å². The molecule has 4 rings (SSSR count). The molecule has 162 valence electrons. The molecule has 2 aromatic carbocycles. The first-order valence-electron chi connectivity index (χ1n) is 10.3. The van der Waals surface area contributed by atoms with Gasteiger partial charge in [0.15, 0.2) is 0 Å². The lowest BCUT2D eigenvalue weighted by molar-refractivity contribution is 0.0927. The number of ketones is 1. The van der Waals surface area contributed by atoms with E-state index in [1.807, 2.05) is 55.7 Å². The van der Waals surface area contributed by atoms with E-state index in [0.29, 0.717) is 30.4 Å². The van der Waals surface area contributed by atoms with E-state index in [4.69, 9.17) is 14.2 Å². The van der Waals surface area contributed by atoms with Crippen LogP contribution in [0, 0.1) is 5.92 Å². The summed E-state index contributed by atoms with van der Waals surface area (Å²) in [5, 5.41) is 7.94. The SMILES string of the molecule is COc1cc(NC(C(=O)c2nn(C)cc2-c2ccccc2)C2CCOC2)cc(OC)c1. The van der Waals surface area contributed by atoms with E-state index in [-0.39, 0.29) is 11.7 Å². The molecule has 1 N–H and O–H groups in total. The Bertz CT molecular complexity index is 1020. The topological polar surface area (TPSA) is 74.6 Å². The number of aromatic nitrogens is 2. The second-order valence-corrected chi connectivity index (χ2v) is 7.64. The molecule has 0 aliphatic carbocycles. The van der Waals surface area contributed by atoms with E-state index >= 15 is 0 Å². The van der Waals surface area contributed by atoms with Crippen molar-refractivity contribution in [3.05, 3.63) is 60.4 Å². The van der Waals surface area contributed by atoms with E-state index in [1.165, 1.54) is 0 Å². The highest BCUT2D eigenvalue weighted by Gasteiger charge is 2.34. The van der Waals surface area contributed by atoms with Gasteiger partial charge in [0, 0.05) is 55.2 Å². The minimum atomic E-state index is -0.489. The van der Waals surface area contributed by atoms with Gasteiger partial charge in [-0.15, -0.1) is 0 Å². The third kappa shape index (κ3) is 4.56. The lowest BCUT2D eigenvalue weighted by Gasteiger charge is -2.24. The standard InChI is InChI=1S/C24H27N3O4/c1-27-14-21(16-7-5-4-6-8-16)23(26-27)24(28)22(17-9-10-31-15-17)25-18-11-19(29-2)13-20(12-18)30-3/h4-8,11-14,17,22,25H,9-10,15H2,1-3H3. The molecule has 0 spiro atoms. The molecule has 0 amide bonds. The van der Waals surface area contributed by atoms with Gasteiger partial charge in [-0.1, -0.05) is 30.3 Å². The summed E-state index contributed by atoms with van der Waals surface area (Å²) in [4.78, 5) is 13.8. The first-order valence-corrected chi connectivity index (χ1v) is 10.3. The Morgan fingerprint density at radius 2 is 1.87 bits per heavy atom. The number of Topliss-reactive ketones (excluding diaryl/α,β-unsaturated/α-hetero) is 1. The Balaban J connectivity index is 1.71. The molecule has 1 aromatic heterocycles. The van der Waals surface area contributed by atoms with Crippen LogP contribution in [0.3, 0.4) is 0 Å². The van der Waals surface area contributed by atoms with Crippen molar-refractivity contribution < 1.29 is 19.0 Å². The van der Waals surface area contributed by atoms with Crippen molar-refractivity contribution in [1.29, 1.82) is 0 Å². The Hall–Kier alpha value is -3.32. The number of hydrogen-bond acceptors (Lipinski definition) is 6. The predicted octanol–water partition coefficient (Wildman–Crippen LogP) is 3.80. The highest BCUT2D eigenvalue weighted by atomic mass is 16.5. The average molecular weight is 421 g/mol. The zero-order chi connectivity index (χ0) is 21.8. The van der Waals surface area contributed by atoms with Crippen LogP contribution in [-0.2, 0) is 11.8 Å². The predicted molar refractivity (Wildman–Crippen MR) is 119 cm³/mol. The summed E-state index contributed by atoms with van der Waals surface area (Å²) in [7, 11) is 5.04. The number of carbonyl (C=O) groups is 1. The van der Waals surface area contributed by atoms with Crippen LogP contribution in [0.1, 0.15) is 16.9 Å². The summed E-state index contributed by atoms with van der Waals surface area (Å²) in [5.41, 5.74) is 2.98. The van der Waals surface area contributed by atoms with Crippen LogP contribution in [0.15, 0.2) is 54.7 Å². The number of ether oxygens (including phenoxy) is 3. The number of aryl methyl sites for hydroxylation is 1. The van der Waals surface area contributed by atoms with Crippen LogP contribution in [-0.4, -0.2) is 49.0 Å². The van der Waals surface area contributed by atoms with Crippen molar-refractivity contribution in [3.63, 3.8) is 0 Å². The molecule has 7 heteroatoms. The zero-order valence-corrected chi connectivity index (χ0v) is 18.0. The molecule has 3 aromatic rings. The van der Waals surface area contributed by atoms with Gasteiger partial charge in [0.2, 0.25) is 5.78 Å². The highest BCUT2D eigenvalue weighted by Crippen LogP contribution is 2.31. The zero-order valence-electron chi connectivity index (χ0n) is 18.0. The highest BCUT2D eigenvalue weighted by molar-refractivity contribution is 6.05. The summed E-state index contributed by atoms with van der Waals surface area (Å²) in [6.07, 6.45) is 2.69. The second kappa shape index (κ2) is 9.22. The Morgan fingerprint density at radius 1 is 1.16 bits per heavy atom. The van der Waals surface area contributed by atoms with E-state index < -0.39 is 6.04 Å². The van der Waals surface area contributed by atoms with E-state index in [2.05, 4.69) is 10.4 Å². The van der Waals surface area contributed by atoms with Gasteiger partial charge in [-0.25, -0.2) is 0 Å². The largest absolute Gasteiger partial charge is 0.497 e. The molecule has 2 heterocycles. The Labute approximate surface area is 181 Å². The summed E-state index contributed by atoms with van der Waals surface area (Å²) in [5.74, 6) is 1.28. The van der Waals surface area contributed by atoms with Crippen LogP contribution in [0.2, 0.25) is 0 Å². The Kier molecular flexibility index (Phi) is 6.23. The van der Waals surface area contributed by atoms with Gasteiger partial charge >= 0.3 is 0 Å². The number of nitrogens with one attached hydrogen (secondary N) is 1. The number of rotatable bonds is 8. The smallest absolute Gasteiger partial charge is 0.206 e. The molecule has 1 saturated heterocycles. The third-order valence-electron chi connectivity index (χ3n) is 5.54. The molecule has 7 nitrogen and oxygen atoms in total. The molecule has 1 fully saturated rings. The summed E-state index contributed by atoms with van der Waals surface area (Å²) >= 11 is 0. The number of methoxy groups -OCH3 is 2. The van der Waals surface area contributed by atoms with Crippen LogP contribution in [0.25, 0.3) is 11.1 Å². The first kappa shape index (κ1) is 20.9. The Morgan fingerprint density at radius 3 is 2.48 bits per heavy atom. The van der Waals surface area contributed by atoms with Crippen LogP contribution in [0.4, 0.5) is 5.69 Å². The fourth-order valence-electron chi connectivity index (χ4n) is 3.93. The summed E-state index contributed by atoms with van der Waals surface area (Å²) < 4.78 is 18.1. The second-order valence-electron chi connectivity index (χ2n) is 7.64. The van der Waals surface area contributed by atoms with E-state index in [1.54, 1.807) is 25.0 Å². The molecule has 2 unspecified atom stereocenters. The number of carbonyl (C=O) groups excluding carboxylic acids is 1. The maximum atomic E-state index is 13.8. The van der Waals surface area contributed by atoms with E-state index in [9.17, 15) is 4.79 Å². The molecule has 0 bridgehead atoms. The van der Waals surface area contributed by atoms with Crippen molar-refractivity contribution in [3.8, 4) is 22.6 Å². The van der Waals surface area contributed by atoms with Gasteiger partial charge in [-0.2, -0.15) is 5.10 Å². The normalized spacial score (nSPS) is 16.7. The third-order valence-corrected chi connectivity index (χ3v) is 5.54. The van der Waals surface area contributed by atoms with Crippen LogP contribution < -0.4 is 14.8 Å². The van der Waals surface area contributed by atoms with Crippen molar-refractivity contribution in [2.24, 2.45) is 13.0 Å². The number of anilines is 1. The molecule has 0 saturated carbocycles. The molecule has 1 aliphatic rings. The van der Waals surface area contributed by atoms with Crippen molar-refractivity contribution >= 4 is 11.5 Å². The van der Waals surface area contributed by atoms with Crippen molar-refractivity contribution in [1.82, 2.24) is 9.78 Å². The molecule has 0 radical (unpaired) electrons. The molecular weight excluding hydrogens is 394 g/mol. The quantitative estimate of drug-likeness (QED) is 0.558. The van der Waals surface area contributed by atoms with Gasteiger partial charge < -0.3 is 19.5 Å². The molecule has 1 aliphatic heterocycles.